The van der Waals surface area contributed by atoms with Crippen molar-refractivity contribution in [2.75, 3.05) is 17.5 Å². The quantitative estimate of drug-likeness (QED) is 0.888. The zero-order valence-electron chi connectivity index (χ0n) is 11.2. The molecule has 0 radical (unpaired) electrons. The first-order chi connectivity index (χ1) is 10.5. The number of sulfonamides is 1. The molecule has 0 aromatic carbocycles. The third kappa shape index (κ3) is 2.35. The lowest BCUT2D eigenvalue weighted by Crippen LogP contribution is -2.38. The van der Waals surface area contributed by atoms with Gasteiger partial charge in [0.1, 0.15) is 17.2 Å². The monoisotopic (exact) mass is 321 g/mol. The molecule has 2 aromatic rings. The lowest BCUT2D eigenvalue weighted by atomic mass is 10.2. The van der Waals surface area contributed by atoms with Crippen molar-refractivity contribution in [2.24, 2.45) is 0 Å². The highest BCUT2D eigenvalue weighted by Crippen LogP contribution is 2.34. The summed E-state index contributed by atoms with van der Waals surface area (Å²) in [6.07, 6.45) is 3.83. The van der Waals surface area contributed by atoms with Crippen LogP contribution in [-0.2, 0) is 10.0 Å². The van der Waals surface area contributed by atoms with Crippen LogP contribution in [0.15, 0.2) is 41.7 Å². The molecule has 0 spiro atoms. The van der Waals surface area contributed by atoms with Gasteiger partial charge in [-0.3, -0.25) is 9.29 Å². The van der Waals surface area contributed by atoms with Gasteiger partial charge in [0.25, 0.3) is 10.0 Å². The van der Waals surface area contributed by atoms with E-state index in [1.165, 1.54) is 30.6 Å². The molecule has 1 aliphatic heterocycles. The first-order valence-corrected chi connectivity index (χ1v) is 7.73. The lowest BCUT2D eigenvalue weighted by molar-refractivity contribution is 0.0696. The number of carboxylic acids is 1. The average Bonchev–Trinajstić information content (AvgIpc) is 2.54. The van der Waals surface area contributed by atoms with E-state index < -0.39 is 16.0 Å². The van der Waals surface area contributed by atoms with E-state index in [1.54, 1.807) is 0 Å². The second kappa shape index (κ2) is 5.26. The Morgan fingerprint density at radius 1 is 1.36 bits per heavy atom. The molecule has 0 fully saturated rings. The van der Waals surface area contributed by atoms with Crippen molar-refractivity contribution in [3.8, 4) is 5.88 Å². The van der Waals surface area contributed by atoms with Gasteiger partial charge in [0, 0.05) is 18.6 Å². The maximum Gasteiger partial charge on any atom is 0.337 e. The number of anilines is 1. The van der Waals surface area contributed by atoms with E-state index in [2.05, 4.69) is 9.97 Å². The molecule has 0 saturated carbocycles. The summed E-state index contributed by atoms with van der Waals surface area (Å²) in [7, 11) is -3.86. The summed E-state index contributed by atoms with van der Waals surface area (Å²) in [5.41, 5.74) is -0.00867. The SMILES string of the molecule is O=C(O)c1cnc2c(c1)N(S(=O)(=O)c1cccnc1)CCO2. The highest BCUT2D eigenvalue weighted by atomic mass is 32.2. The number of rotatable bonds is 3. The molecule has 1 aliphatic rings. The molecular formula is C13H11N3O5S. The fourth-order valence-electron chi connectivity index (χ4n) is 2.07. The predicted molar refractivity (Wildman–Crippen MR) is 75.5 cm³/mol. The van der Waals surface area contributed by atoms with Gasteiger partial charge >= 0.3 is 5.97 Å². The standard InChI is InChI=1S/C13H11N3O5S/c17-13(18)9-6-11-12(15-7-9)21-5-4-16(11)22(19,20)10-2-1-3-14-8-10/h1-3,6-8H,4-5H2,(H,17,18). The Labute approximate surface area is 126 Å². The Morgan fingerprint density at radius 3 is 2.86 bits per heavy atom. The number of carboxylic acid groups (broad SMARTS) is 1. The molecule has 3 rings (SSSR count). The van der Waals surface area contributed by atoms with Gasteiger partial charge in [-0.15, -0.1) is 0 Å². The highest BCUT2D eigenvalue weighted by Gasteiger charge is 2.31. The van der Waals surface area contributed by atoms with Crippen LogP contribution in [0, 0.1) is 0 Å². The molecule has 0 aliphatic carbocycles. The zero-order chi connectivity index (χ0) is 15.7. The summed E-state index contributed by atoms with van der Waals surface area (Å²) in [4.78, 5) is 18.7. The van der Waals surface area contributed by atoms with Gasteiger partial charge in [-0.1, -0.05) is 0 Å². The van der Waals surface area contributed by atoms with Crippen molar-refractivity contribution in [1.29, 1.82) is 0 Å². The molecule has 2 aromatic heterocycles. The van der Waals surface area contributed by atoms with E-state index in [4.69, 9.17) is 9.84 Å². The maximum absolute atomic E-state index is 12.7. The van der Waals surface area contributed by atoms with Crippen LogP contribution < -0.4 is 9.04 Å². The first kappa shape index (κ1) is 14.3. The zero-order valence-corrected chi connectivity index (χ0v) is 12.0. The highest BCUT2D eigenvalue weighted by molar-refractivity contribution is 7.92. The van der Waals surface area contributed by atoms with Gasteiger partial charge in [0.2, 0.25) is 5.88 Å². The van der Waals surface area contributed by atoms with Crippen molar-refractivity contribution in [1.82, 2.24) is 9.97 Å². The molecule has 9 heteroatoms. The molecule has 22 heavy (non-hydrogen) atoms. The summed E-state index contributed by atoms with van der Waals surface area (Å²) in [6.45, 7) is 0.195. The number of carbonyl (C=O) groups is 1. The third-order valence-corrected chi connectivity index (χ3v) is 4.90. The first-order valence-electron chi connectivity index (χ1n) is 6.29. The van der Waals surface area contributed by atoms with Crippen molar-refractivity contribution >= 4 is 21.7 Å². The molecule has 0 bridgehead atoms. The lowest BCUT2D eigenvalue weighted by Gasteiger charge is -2.29. The fraction of sp³-hybridized carbons (Fsp3) is 0.154. The van der Waals surface area contributed by atoms with E-state index >= 15 is 0 Å². The number of hydrogen-bond acceptors (Lipinski definition) is 6. The summed E-state index contributed by atoms with van der Waals surface area (Å²) >= 11 is 0. The smallest absolute Gasteiger partial charge is 0.337 e. The molecule has 0 amide bonds. The molecule has 0 unspecified atom stereocenters. The van der Waals surface area contributed by atoms with Gasteiger partial charge in [-0.25, -0.2) is 18.2 Å². The fourth-order valence-corrected chi connectivity index (χ4v) is 3.47. The van der Waals surface area contributed by atoms with E-state index in [0.717, 1.165) is 10.5 Å². The second-order valence-electron chi connectivity index (χ2n) is 4.47. The number of fused-ring (bicyclic) bond motifs is 1. The molecule has 1 N–H and O–H groups in total. The summed E-state index contributed by atoms with van der Waals surface area (Å²) in [5.74, 6) is -1.11. The third-order valence-electron chi connectivity index (χ3n) is 3.10. The topological polar surface area (TPSA) is 110 Å². The van der Waals surface area contributed by atoms with Crippen LogP contribution in [-0.4, -0.2) is 42.6 Å². The van der Waals surface area contributed by atoms with Gasteiger partial charge < -0.3 is 9.84 Å². The van der Waals surface area contributed by atoms with Crippen molar-refractivity contribution in [3.05, 3.63) is 42.4 Å². The van der Waals surface area contributed by atoms with Crippen LogP contribution in [0.5, 0.6) is 5.88 Å². The van der Waals surface area contributed by atoms with E-state index in [0.29, 0.717) is 0 Å². The minimum absolute atomic E-state index is 0.0172. The van der Waals surface area contributed by atoms with E-state index in [9.17, 15) is 13.2 Å². The molecule has 3 heterocycles. The van der Waals surface area contributed by atoms with Crippen LogP contribution >= 0.6 is 0 Å². The number of aromatic carboxylic acids is 1. The molecule has 8 nitrogen and oxygen atoms in total. The molecular weight excluding hydrogens is 310 g/mol. The Hall–Kier alpha value is -2.68. The minimum atomic E-state index is -3.86. The minimum Gasteiger partial charge on any atom is -0.478 e. The number of ether oxygens (including phenoxy) is 1. The maximum atomic E-state index is 12.7. The van der Waals surface area contributed by atoms with Crippen LogP contribution in [0.3, 0.4) is 0 Å². The van der Waals surface area contributed by atoms with Crippen molar-refractivity contribution in [3.63, 3.8) is 0 Å². The normalized spacial score (nSPS) is 14.1. The summed E-state index contributed by atoms with van der Waals surface area (Å²) < 4.78 is 31.8. The average molecular weight is 321 g/mol. The molecule has 0 saturated heterocycles. The van der Waals surface area contributed by atoms with Gasteiger partial charge in [-0.2, -0.15) is 0 Å². The molecule has 114 valence electrons. The Balaban J connectivity index is 2.12. The van der Waals surface area contributed by atoms with Crippen molar-refractivity contribution in [2.45, 2.75) is 4.90 Å². The summed E-state index contributed by atoms with van der Waals surface area (Å²) in [5, 5.41) is 9.03. The van der Waals surface area contributed by atoms with E-state index in [1.807, 2.05) is 0 Å². The van der Waals surface area contributed by atoms with Gasteiger partial charge in [0.05, 0.1) is 12.1 Å². The summed E-state index contributed by atoms with van der Waals surface area (Å²) in [6, 6.07) is 4.17. The van der Waals surface area contributed by atoms with Crippen LogP contribution in [0.2, 0.25) is 0 Å². The number of aromatic nitrogens is 2. The Bertz CT molecular complexity index is 823. The number of pyridine rings is 2. The van der Waals surface area contributed by atoms with Crippen LogP contribution in [0.25, 0.3) is 0 Å². The number of hydrogen-bond donors (Lipinski definition) is 1. The largest absolute Gasteiger partial charge is 0.478 e. The second-order valence-corrected chi connectivity index (χ2v) is 6.33. The number of nitrogens with zero attached hydrogens (tertiary/aromatic N) is 3. The van der Waals surface area contributed by atoms with Crippen LogP contribution in [0.1, 0.15) is 10.4 Å². The van der Waals surface area contributed by atoms with Crippen molar-refractivity contribution < 1.29 is 23.1 Å². The Morgan fingerprint density at radius 2 is 2.18 bits per heavy atom. The Kier molecular flexibility index (Phi) is 3.41. The van der Waals surface area contributed by atoms with E-state index in [-0.39, 0.29) is 35.2 Å². The predicted octanol–water partition coefficient (Wildman–Crippen LogP) is 0.762. The van der Waals surface area contributed by atoms with Crippen LogP contribution in [0.4, 0.5) is 5.69 Å². The molecule has 0 atom stereocenters. The van der Waals surface area contributed by atoms with Gasteiger partial charge in [-0.05, 0) is 18.2 Å². The van der Waals surface area contributed by atoms with Gasteiger partial charge in [0.15, 0.2) is 0 Å².